The summed E-state index contributed by atoms with van der Waals surface area (Å²) in [5.74, 6) is -0.372. The number of fused-ring (bicyclic) bond motifs is 1. The van der Waals surface area contributed by atoms with Gasteiger partial charge in [-0.25, -0.2) is 10.4 Å². The van der Waals surface area contributed by atoms with E-state index < -0.39 is 0 Å². The van der Waals surface area contributed by atoms with Crippen molar-refractivity contribution in [2.45, 2.75) is 6.92 Å². The zero-order valence-corrected chi connectivity index (χ0v) is 13.1. The summed E-state index contributed by atoms with van der Waals surface area (Å²) in [6.07, 6.45) is 1.63. The van der Waals surface area contributed by atoms with Gasteiger partial charge in [0.1, 0.15) is 5.69 Å². The number of hydrogen-bond acceptors (Lipinski definition) is 4. The Balaban J connectivity index is 1.81. The van der Waals surface area contributed by atoms with E-state index in [1.807, 2.05) is 24.3 Å². The molecule has 114 valence electrons. The molecule has 6 heteroatoms. The minimum Gasteiger partial charge on any atom is -0.267 e. The second kappa shape index (κ2) is 6.54. The Morgan fingerprint density at radius 3 is 2.57 bits per heavy atom. The van der Waals surface area contributed by atoms with Crippen molar-refractivity contribution >= 4 is 34.3 Å². The minimum atomic E-state index is -0.372. The van der Waals surface area contributed by atoms with Gasteiger partial charge in [0, 0.05) is 0 Å². The van der Waals surface area contributed by atoms with Crippen LogP contribution >= 0.6 is 11.6 Å². The molecular weight excluding hydrogens is 312 g/mol. The number of para-hydroxylation sites is 2. The Hall–Kier alpha value is -2.79. The number of nitrogens with one attached hydrogen (secondary N) is 1. The fourth-order valence-corrected chi connectivity index (χ4v) is 2.25. The molecule has 0 fully saturated rings. The van der Waals surface area contributed by atoms with Gasteiger partial charge in [0.05, 0.1) is 33.5 Å². The molecule has 0 aliphatic heterocycles. The molecule has 0 spiro atoms. The van der Waals surface area contributed by atoms with Crippen molar-refractivity contribution in [3.63, 3.8) is 0 Å². The van der Waals surface area contributed by atoms with Crippen molar-refractivity contribution in [2.75, 3.05) is 0 Å². The molecule has 0 atom stereocenters. The SMILES string of the molecule is CC(=NNC(=O)c1ccccc1Cl)c1cnc2ccccc2n1. The number of rotatable bonds is 3. The number of carbonyl (C=O) groups excluding carboxylic acids is 1. The van der Waals surface area contributed by atoms with Crippen LogP contribution in [0.2, 0.25) is 5.02 Å². The maximum Gasteiger partial charge on any atom is 0.272 e. The van der Waals surface area contributed by atoms with Crippen LogP contribution in [0, 0.1) is 0 Å². The molecule has 1 N–H and O–H groups in total. The second-order valence-corrected chi connectivity index (χ2v) is 5.27. The number of halogens is 1. The van der Waals surface area contributed by atoms with Crippen molar-refractivity contribution in [3.05, 3.63) is 71.0 Å². The topological polar surface area (TPSA) is 67.2 Å². The van der Waals surface area contributed by atoms with Crippen molar-refractivity contribution < 1.29 is 4.79 Å². The lowest BCUT2D eigenvalue weighted by Gasteiger charge is -2.04. The maximum absolute atomic E-state index is 12.1. The molecule has 5 nitrogen and oxygen atoms in total. The minimum absolute atomic E-state index is 0.371. The van der Waals surface area contributed by atoms with Crippen LogP contribution in [0.3, 0.4) is 0 Å². The summed E-state index contributed by atoms with van der Waals surface area (Å²) < 4.78 is 0. The van der Waals surface area contributed by atoms with Crippen LogP contribution in [-0.2, 0) is 0 Å². The van der Waals surface area contributed by atoms with Gasteiger partial charge in [0.15, 0.2) is 0 Å². The highest BCUT2D eigenvalue weighted by Crippen LogP contribution is 2.14. The number of benzene rings is 2. The van der Waals surface area contributed by atoms with E-state index in [0.717, 1.165) is 11.0 Å². The van der Waals surface area contributed by atoms with Gasteiger partial charge >= 0.3 is 0 Å². The Kier molecular flexibility index (Phi) is 4.30. The standard InChI is InChI=1S/C17H13ClN4O/c1-11(16-10-19-14-8-4-5-9-15(14)20-16)21-22-17(23)12-6-2-3-7-13(12)18/h2-10H,1H3,(H,22,23). The van der Waals surface area contributed by atoms with Gasteiger partial charge in [-0.1, -0.05) is 35.9 Å². The fraction of sp³-hybridized carbons (Fsp3) is 0.0588. The Bertz CT molecular complexity index is 908. The van der Waals surface area contributed by atoms with Crippen LogP contribution in [0.1, 0.15) is 23.0 Å². The largest absolute Gasteiger partial charge is 0.272 e. The van der Waals surface area contributed by atoms with Crippen molar-refractivity contribution in [2.24, 2.45) is 5.10 Å². The summed E-state index contributed by atoms with van der Waals surface area (Å²) in [6.45, 7) is 1.76. The Morgan fingerprint density at radius 1 is 1.09 bits per heavy atom. The lowest BCUT2D eigenvalue weighted by atomic mass is 10.2. The molecule has 0 aliphatic carbocycles. The molecule has 0 saturated heterocycles. The van der Waals surface area contributed by atoms with Gasteiger partial charge in [0.2, 0.25) is 0 Å². The van der Waals surface area contributed by atoms with Crippen LogP contribution in [0.25, 0.3) is 11.0 Å². The number of hydrogen-bond donors (Lipinski definition) is 1. The van der Waals surface area contributed by atoms with Crippen molar-refractivity contribution in [1.29, 1.82) is 0 Å². The van der Waals surface area contributed by atoms with Gasteiger partial charge in [-0.3, -0.25) is 9.78 Å². The third kappa shape index (κ3) is 3.35. The molecular formula is C17H13ClN4O. The molecule has 0 unspecified atom stereocenters. The monoisotopic (exact) mass is 324 g/mol. The Labute approximate surface area is 138 Å². The number of nitrogens with zero attached hydrogens (tertiary/aromatic N) is 3. The van der Waals surface area contributed by atoms with E-state index in [9.17, 15) is 4.79 Å². The molecule has 0 radical (unpaired) electrons. The molecule has 0 aliphatic rings. The van der Waals surface area contributed by atoms with E-state index in [1.165, 1.54) is 0 Å². The van der Waals surface area contributed by atoms with Gasteiger partial charge in [-0.15, -0.1) is 0 Å². The first kappa shape index (κ1) is 15.1. The first-order valence-corrected chi connectivity index (χ1v) is 7.34. The maximum atomic E-state index is 12.1. The fourth-order valence-electron chi connectivity index (χ4n) is 2.03. The first-order chi connectivity index (χ1) is 11.1. The van der Waals surface area contributed by atoms with E-state index in [2.05, 4.69) is 20.5 Å². The van der Waals surface area contributed by atoms with E-state index in [-0.39, 0.29) is 5.91 Å². The number of hydrazone groups is 1. The molecule has 3 rings (SSSR count). The summed E-state index contributed by atoms with van der Waals surface area (Å²) >= 11 is 5.99. The van der Waals surface area contributed by atoms with Crippen LogP contribution < -0.4 is 5.43 Å². The summed E-state index contributed by atoms with van der Waals surface area (Å²) in [5, 5.41) is 4.45. The molecule has 2 aromatic carbocycles. The predicted molar refractivity (Wildman–Crippen MR) is 90.7 cm³/mol. The summed E-state index contributed by atoms with van der Waals surface area (Å²) in [4.78, 5) is 20.9. The average molecular weight is 325 g/mol. The highest BCUT2D eigenvalue weighted by Gasteiger charge is 2.09. The zero-order chi connectivity index (χ0) is 16.2. The van der Waals surface area contributed by atoms with Crippen LogP contribution in [0.5, 0.6) is 0 Å². The second-order valence-electron chi connectivity index (χ2n) is 4.86. The number of amides is 1. The quantitative estimate of drug-likeness (QED) is 0.593. The average Bonchev–Trinajstić information content (AvgIpc) is 2.59. The van der Waals surface area contributed by atoms with Gasteiger partial charge < -0.3 is 0 Å². The molecule has 3 aromatic rings. The normalized spacial score (nSPS) is 11.5. The molecule has 1 amide bonds. The molecule has 1 heterocycles. The molecule has 0 saturated carbocycles. The zero-order valence-electron chi connectivity index (χ0n) is 12.3. The highest BCUT2D eigenvalue weighted by atomic mass is 35.5. The van der Waals surface area contributed by atoms with E-state index >= 15 is 0 Å². The smallest absolute Gasteiger partial charge is 0.267 e. The van der Waals surface area contributed by atoms with Crippen molar-refractivity contribution in [1.82, 2.24) is 15.4 Å². The van der Waals surface area contributed by atoms with Gasteiger partial charge in [-0.2, -0.15) is 5.10 Å². The molecule has 23 heavy (non-hydrogen) atoms. The van der Waals surface area contributed by atoms with Gasteiger partial charge in [-0.05, 0) is 31.2 Å². The predicted octanol–water partition coefficient (Wildman–Crippen LogP) is 3.44. The van der Waals surface area contributed by atoms with E-state index in [4.69, 9.17) is 11.6 Å². The lowest BCUT2D eigenvalue weighted by molar-refractivity contribution is 0.0955. The van der Waals surface area contributed by atoms with E-state index in [1.54, 1.807) is 37.4 Å². The molecule has 1 aromatic heterocycles. The third-order valence-electron chi connectivity index (χ3n) is 3.26. The number of carbonyl (C=O) groups is 1. The van der Waals surface area contributed by atoms with Crippen LogP contribution in [0.15, 0.2) is 59.8 Å². The first-order valence-electron chi connectivity index (χ1n) is 6.96. The summed E-state index contributed by atoms with van der Waals surface area (Å²) in [5.41, 5.74) is 5.60. The van der Waals surface area contributed by atoms with E-state index in [0.29, 0.717) is 22.0 Å². The van der Waals surface area contributed by atoms with Gasteiger partial charge in [0.25, 0.3) is 5.91 Å². The van der Waals surface area contributed by atoms with Crippen LogP contribution in [-0.4, -0.2) is 21.6 Å². The highest BCUT2D eigenvalue weighted by molar-refractivity contribution is 6.33. The number of aromatic nitrogens is 2. The third-order valence-corrected chi connectivity index (χ3v) is 3.59. The Morgan fingerprint density at radius 2 is 1.78 bits per heavy atom. The van der Waals surface area contributed by atoms with Crippen LogP contribution in [0.4, 0.5) is 0 Å². The summed E-state index contributed by atoms with van der Waals surface area (Å²) in [6, 6.07) is 14.4. The summed E-state index contributed by atoms with van der Waals surface area (Å²) in [7, 11) is 0. The molecule has 0 bridgehead atoms. The van der Waals surface area contributed by atoms with Crippen molar-refractivity contribution in [3.8, 4) is 0 Å². The lowest BCUT2D eigenvalue weighted by Crippen LogP contribution is -2.20.